The molecule has 0 spiro atoms. The monoisotopic (exact) mass is 365 g/mol. The van der Waals surface area contributed by atoms with Crippen LogP contribution in [-0.2, 0) is 11.3 Å². The molecule has 7 heteroatoms. The normalized spacial score (nSPS) is 21.0. The minimum Gasteiger partial charge on any atom is -0.465 e. The first-order valence-corrected chi connectivity index (χ1v) is 9.03. The van der Waals surface area contributed by atoms with Crippen LogP contribution in [0.4, 0.5) is 5.13 Å². The van der Waals surface area contributed by atoms with Crippen LogP contribution in [0.3, 0.4) is 0 Å². The number of carbonyl (C=O) groups is 1. The highest BCUT2D eigenvalue weighted by Crippen LogP contribution is 2.30. The molecule has 5 nitrogen and oxygen atoms in total. The summed E-state index contributed by atoms with van der Waals surface area (Å²) in [4.78, 5) is 18.6. The van der Waals surface area contributed by atoms with Gasteiger partial charge in [-0.25, -0.2) is 9.78 Å². The number of thiazole rings is 1. The molecule has 1 aliphatic heterocycles. The molecule has 1 N–H and O–H groups in total. The fourth-order valence-corrected chi connectivity index (χ4v) is 4.13. The van der Waals surface area contributed by atoms with Crippen molar-refractivity contribution in [1.29, 1.82) is 0 Å². The van der Waals surface area contributed by atoms with Crippen LogP contribution in [0.25, 0.3) is 0 Å². The van der Waals surface area contributed by atoms with Crippen LogP contribution >= 0.6 is 22.9 Å². The van der Waals surface area contributed by atoms with Gasteiger partial charge >= 0.3 is 5.97 Å². The molecular weight excluding hydrogens is 346 g/mol. The molecule has 3 rings (SSSR count). The van der Waals surface area contributed by atoms with Crippen LogP contribution in [0.1, 0.15) is 22.2 Å². The first kappa shape index (κ1) is 17.2. The third-order valence-electron chi connectivity index (χ3n) is 4.20. The molecule has 1 aromatic heterocycles. The molecular formula is C17H20ClN3O2S. The number of ether oxygens (including phenoxy) is 1. The smallest absolute Gasteiger partial charge is 0.351 e. The molecule has 0 aliphatic carbocycles. The Labute approximate surface area is 150 Å². The second-order valence-corrected chi connectivity index (χ2v) is 7.40. The van der Waals surface area contributed by atoms with E-state index in [0.29, 0.717) is 15.9 Å². The summed E-state index contributed by atoms with van der Waals surface area (Å²) in [6.45, 7) is 5.12. The van der Waals surface area contributed by atoms with Gasteiger partial charge in [-0.3, -0.25) is 4.90 Å². The van der Waals surface area contributed by atoms with Gasteiger partial charge < -0.3 is 10.1 Å². The van der Waals surface area contributed by atoms with E-state index in [-0.39, 0.29) is 11.2 Å². The van der Waals surface area contributed by atoms with E-state index in [1.54, 1.807) is 0 Å². The van der Waals surface area contributed by atoms with E-state index in [2.05, 4.69) is 46.4 Å². The number of carbonyl (C=O) groups excluding carboxylic acids is 1. The van der Waals surface area contributed by atoms with Crippen molar-refractivity contribution in [3.8, 4) is 0 Å². The van der Waals surface area contributed by atoms with Crippen LogP contribution in [-0.4, -0.2) is 42.1 Å². The Kier molecular flexibility index (Phi) is 5.38. The fraction of sp³-hybridized carbons (Fsp3) is 0.412. The summed E-state index contributed by atoms with van der Waals surface area (Å²) in [6.07, 6.45) is 0. The number of benzene rings is 1. The van der Waals surface area contributed by atoms with Gasteiger partial charge in [-0.05, 0) is 11.5 Å². The van der Waals surface area contributed by atoms with E-state index in [1.165, 1.54) is 24.0 Å². The van der Waals surface area contributed by atoms with Gasteiger partial charge in [0.1, 0.15) is 0 Å². The zero-order chi connectivity index (χ0) is 17.1. The first-order chi connectivity index (χ1) is 11.6. The van der Waals surface area contributed by atoms with Crippen molar-refractivity contribution in [2.45, 2.75) is 19.5 Å². The molecule has 24 heavy (non-hydrogen) atoms. The molecule has 2 heterocycles. The lowest BCUT2D eigenvalue weighted by molar-refractivity contribution is 0.0606. The molecule has 1 aliphatic rings. The molecule has 1 aromatic carbocycles. The lowest BCUT2D eigenvalue weighted by atomic mass is 10.1. The number of methoxy groups -OCH3 is 1. The summed E-state index contributed by atoms with van der Waals surface area (Å²) < 4.78 is 4.72. The highest BCUT2D eigenvalue weighted by Gasteiger charge is 2.30. The van der Waals surface area contributed by atoms with Gasteiger partial charge in [0.05, 0.1) is 7.11 Å². The van der Waals surface area contributed by atoms with Crippen molar-refractivity contribution in [2.24, 2.45) is 5.92 Å². The molecule has 1 saturated heterocycles. The number of halogens is 1. The van der Waals surface area contributed by atoms with Gasteiger partial charge in [0.2, 0.25) is 0 Å². The third-order valence-corrected chi connectivity index (χ3v) is 5.55. The van der Waals surface area contributed by atoms with E-state index >= 15 is 0 Å². The highest BCUT2D eigenvalue weighted by atomic mass is 35.5. The maximum Gasteiger partial charge on any atom is 0.351 e. The van der Waals surface area contributed by atoms with E-state index in [0.717, 1.165) is 19.6 Å². The Balaban J connectivity index is 1.63. The maximum absolute atomic E-state index is 11.6. The van der Waals surface area contributed by atoms with Crippen molar-refractivity contribution < 1.29 is 9.53 Å². The van der Waals surface area contributed by atoms with E-state index in [1.807, 2.05) is 6.07 Å². The van der Waals surface area contributed by atoms with Crippen LogP contribution in [0.2, 0.25) is 5.15 Å². The van der Waals surface area contributed by atoms with Gasteiger partial charge in [-0.15, -0.1) is 0 Å². The van der Waals surface area contributed by atoms with Crippen LogP contribution in [0.5, 0.6) is 0 Å². The summed E-state index contributed by atoms with van der Waals surface area (Å²) in [5.74, 6) is 0.0358. The molecule has 1 fully saturated rings. The molecule has 0 bridgehead atoms. The third kappa shape index (κ3) is 3.88. The quantitative estimate of drug-likeness (QED) is 0.821. The molecule has 0 saturated carbocycles. The van der Waals surface area contributed by atoms with Crippen LogP contribution < -0.4 is 5.32 Å². The summed E-state index contributed by atoms with van der Waals surface area (Å²) in [5, 5.41) is 4.28. The number of likely N-dealkylation sites (tertiary alicyclic amines) is 1. The lowest BCUT2D eigenvalue weighted by Gasteiger charge is -2.16. The predicted molar refractivity (Wildman–Crippen MR) is 96.8 cm³/mol. The molecule has 0 radical (unpaired) electrons. The van der Waals surface area contributed by atoms with Gasteiger partial charge in [-0.1, -0.05) is 60.2 Å². The summed E-state index contributed by atoms with van der Waals surface area (Å²) in [7, 11) is 1.34. The second kappa shape index (κ2) is 7.51. The van der Waals surface area contributed by atoms with Crippen molar-refractivity contribution in [3.63, 3.8) is 0 Å². The molecule has 2 unspecified atom stereocenters. The number of esters is 1. The van der Waals surface area contributed by atoms with Gasteiger partial charge in [-0.2, -0.15) is 0 Å². The van der Waals surface area contributed by atoms with Crippen molar-refractivity contribution in [1.82, 2.24) is 9.88 Å². The summed E-state index contributed by atoms with van der Waals surface area (Å²) in [6, 6.07) is 10.7. The van der Waals surface area contributed by atoms with Crippen LogP contribution in [0, 0.1) is 5.92 Å². The number of rotatable bonds is 5. The Morgan fingerprint density at radius 1 is 1.42 bits per heavy atom. The predicted octanol–water partition coefficient (Wildman–Crippen LogP) is 3.52. The Morgan fingerprint density at radius 3 is 2.88 bits per heavy atom. The molecule has 2 aromatic rings. The topological polar surface area (TPSA) is 54.5 Å². The van der Waals surface area contributed by atoms with Gasteiger partial charge in [0.15, 0.2) is 15.2 Å². The number of anilines is 1. The standard InChI is InChI=1S/C17H20ClN3O2S/c1-11-8-21(9-12-6-4-3-5-7-12)10-13(11)19-17-20-15(18)14(24-17)16(22)23-2/h3-7,11,13H,8-10H2,1-2H3,(H,19,20). The van der Waals surface area contributed by atoms with Gasteiger partial charge in [0, 0.05) is 25.7 Å². The maximum atomic E-state index is 11.6. The Bertz CT molecular complexity index is 707. The van der Waals surface area contributed by atoms with E-state index in [9.17, 15) is 4.79 Å². The number of hydrogen-bond acceptors (Lipinski definition) is 6. The number of nitrogens with one attached hydrogen (secondary N) is 1. The highest BCUT2D eigenvalue weighted by molar-refractivity contribution is 7.18. The lowest BCUT2D eigenvalue weighted by Crippen LogP contribution is -2.27. The van der Waals surface area contributed by atoms with E-state index in [4.69, 9.17) is 16.3 Å². The molecule has 2 atom stereocenters. The molecule has 0 amide bonds. The Morgan fingerprint density at radius 2 is 2.17 bits per heavy atom. The minimum absolute atomic E-state index is 0.196. The zero-order valence-corrected chi connectivity index (χ0v) is 15.2. The summed E-state index contributed by atoms with van der Waals surface area (Å²) >= 11 is 7.26. The largest absolute Gasteiger partial charge is 0.465 e. The summed E-state index contributed by atoms with van der Waals surface area (Å²) in [5.41, 5.74) is 1.32. The van der Waals surface area contributed by atoms with Crippen molar-refractivity contribution in [2.75, 3.05) is 25.5 Å². The fourth-order valence-electron chi connectivity index (χ4n) is 2.97. The first-order valence-electron chi connectivity index (χ1n) is 7.84. The number of hydrogen-bond donors (Lipinski definition) is 1. The average molecular weight is 366 g/mol. The number of aromatic nitrogens is 1. The number of nitrogens with zero attached hydrogens (tertiary/aromatic N) is 2. The molecule has 128 valence electrons. The van der Waals surface area contributed by atoms with Crippen LogP contribution in [0.15, 0.2) is 30.3 Å². The average Bonchev–Trinajstić information content (AvgIpc) is 3.10. The Hall–Kier alpha value is -1.63. The SMILES string of the molecule is COC(=O)c1sc(NC2CN(Cc3ccccc3)CC2C)nc1Cl. The van der Waals surface area contributed by atoms with Gasteiger partial charge in [0.25, 0.3) is 0 Å². The van der Waals surface area contributed by atoms with Crippen molar-refractivity contribution >= 4 is 34.0 Å². The minimum atomic E-state index is -0.448. The zero-order valence-electron chi connectivity index (χ0n) is 13.7. The second-order valence-electron chi connectivity index (χ2n) is 6.04. The van der Waals surface area contributed by atoms with Crippen molar-refractivity contribution in [3.05, 3.63) is 45.9 Å². The van der Waals surface area contributed by atoms with E-state index < -0.39 is 5.97 Å².